The summed E-state index contributed by atoms with van der Waals surface area (Å²) in [7, 11) is 2.07. The van der Waals surface area contributed by atoms with Crippen LogP contribution in [-0.2, 0) is 19.1 Å². The van der Waals surface area contributed by atoms with Crippen molar-refractivity contribution in [1.29, 1.82) is 0 Å². The third-order valence-corrected chi connectivity index (χ3v) is 5.99. The summed E-state index contributed by atoms with van der Waals surface area (Å²) in [6.07, 6.45) is 2.81. The largest absolute Gasteiger partial charge is 0.347 e. The maximum Gasteiger partial charge on any atom is 0.238 e. The Bertz CT molecular complexity index is 510. The Kier molecular flexibility index (Phi) is 4.05. The van der Waals surface area contributed by atoms with Gasteiger partial charge in [0.05, 0.1) is 13.2 Å². The number of hydrogen-bond donors (Lipinski definition) is 0. The molecule has 3 heterocycles. The fraction of sp³-hybridized carbons (Fsp3) is 0.882. The molecule has 4 fully saturated rings. The van der Waals surface area contributed by atoms with E-state index in [2.05, 4.69) is 11.9 Å². The molecular weight excluding hydrogens is 310 g/mol. The number of ether oxygens (including phenoxy) is 2. The summed E-state index contributed by atoms with van der Waals surface area (Å²) >= 11 is 0. The van der Waals surface area contributed by atoms with Crippen LogP contribution in [0.2, 0.25) is 0 Å². The number of nitrogens with zero attached hydrogens (tertiary/aromatic N) is 3. The van der Waals surface area contributed by atoms with E-state index in [0.29, 0.717) is 52.0 Å². The van der Waals surface area contributed by atoms with Gasteiger partial charge < -0.3 is 24.2 Å². The monoisotopic (exact) mass is 337 g/mol. The highest BCUT2D eigenvalue weighted by atomic mass is 16.7. The summed E-state index contributed by atoms with van der Waals surface area (Å²) in [6.45, 7) is 5.75. The van der Waals surface area contributed by atoms with Crippen molar-refractivity contribution >= 4 is 11.8 Å². The number of piperidine rings is 1. The normalized spacial score (nSPS) is 29.0. The quantitative estimate of drug-likeness (QED) is 0.659. The van der Waals surface area contributed by atoms with Crippen LogP contribution in [0, 0.1) is 5.41 Å². The van der Waals surface area contributed by atoms with Gasteiger partial charge in [0.25, 0.3) is 0 Å². The summed E-state index contributed by atoms with van der Waals surface area (Å²) in [4.78, 5) is 31.9. The van der Waals surface area contributed by atoms with Gasteiger partial charge in [-0.1, -0.05) is 0 Å². The smallest absolute Gasteiger partial charge is 0.238 e. The number of likely N-dealkylation sites (tertiary alicyclic amines) is 1. The van der Waals surface area contributed by atoms with Crippen molar-refractivity contribution in [3.8, 4) is 0 Å². The van der Waals surface area contributed by atoms with Crippen molar-refractivity contribution in [2.45, 2.75) is 31.5 Å². The van der Waals surface area contributed by atoms with Crippen LogP contribution < -0.4 is 0 Å². The first kappa shape index (κ1) is 16.3. The van der Waals surface area contributed by atoms with Crippen LogP contribution in [0.5, 0.6) is 0 Å². The zero-order valence-corrected chi connectivity index (χ0v) is 14.5. The Labute approximate surface area is 142 Å². The molecule has 0 aromatic heterocycles. The molecule has 0 radical (unpaired) electrons. The fourth-order valence-electron chi connectivity index (χ4n) is 4.10. The summed E-state index contributed by atoms with van der Waals surface area (Å²) in [5, 5.41) is 0. The SMILES string of the molecule is CN1CCN(C(=O)C2(C(=O)N3CCC4(CC3)OCCO4)CC2)CC1. The highest BCUT2D eigenvalue weighted by molar-refractivity contribution is 6.07. The Hall–Kier alpha value is -1.18. The van der Waals surface area contributed by atoms with Gasteiger partial charge in [-0.2, -0.15) is 0 Å². The van der Waals surface area contributed by atoms with E-state index in [1.165, 1.54) is 0 Å². The van der Waals surface area contributed by atoms with Gasteiger partial charge in [-0.05, 0) is 19.9 Å². The van der Waals surface area contributed by atoms with Crippen LogP contribution in [0.1, 0.15) is 25.7 Å². The zero-order valence-electron chi connectivity index (χ0n) is 14.5. The first-order chi connectivity index (χ1) is 11.5. The molecular formula is C17H27N3O4. The molecule has 0 aromatic rings. The van der Waals surface area contributed by atoms with Gasteiger partial charge >= 0.3 is 0 Å². The first-order valence-electron chi connectivity index (χ1n) is 9.10. The number of carbonyl (C=O) groups is 2. The molecule has 3 saturated heterocycles. The van der Waals surface area contributed by atoms with E-state index in [1.807, 2.05) is 9.80 Å². The summed E-state index contributed by atoms with van der Waals surface area (Å²) < 4.78 is 11.4. The standard InChI is InChI=1S/C17H27N3O4/c1-18-8-10-20(11-9-18)15(22)16(2-3-16)14(21)19-6-4-17(5-7-19)23-12-13-24-17/h2-13H2,1H3. The van der Waals surface area contributed by atoms with E-state index in [4.69, 9.17) is 9.47 Å². The van der Waals surface area contributed by atoms with E-state index in [1.54, 1.807) is 0 Å². The molecule has 7 nitrogen and oxygen atoms in total. The molecule has 0 aromatic carbocycles. The Balaban J connectivity index is 1.38. The molecule has 0 atom stereocenters. The van der Waals surface area contributed by atoms with Gasteiger partial charge in [0.15, 0.2) is 5.79 Å². The van der Waals surface area contributed by atoms with Gasteiger partial charge in [0.1, 0.15) is 5.41 Å². The van der Waals surface area contributed by atoms with Crippen LogP contribution in [0.4, 0.5) is 0 Å². The van der Waals surface area contributed by atoms with Crippen molar-refractivity contribution in [2.75, 3.05) is 59.5 Å². The lowest BCUT2D eigenvalue weighted by Crippen LogP contribution is -2.55. The number of carbonyl (C=O) groups excluding carboxylic acids is 2. The maximum atomic E-state index is 13.0. The Morgan fingerprint density at radius 1 is 0.750 bits per heavy atom. The molecule has 0 bridgehead atoms. The molecule has 0 N–H and O–H groups in total. The fourth-order valence-corrected chi connectivity index (χ4v) is 4.10. The van der Waals surface area contributed by atoms with Crippen molar-refractivity contribution in [2.24, 2.45) is 5.41 Å². The second kappa shape index (κ2) is 5.97. The molecule has 4 rings (SSSR count). The third-order valence-electron chi connectivity index (χ3n) is 5.99. The second-order valence-electron chi connectivity index (χ2n) is 7.58. The topological polar surface area (TPSA) is 62.3 Å². The highest BCUT2D eigenvalue weighted by Gasteiger charge is 2.60. The van der Waals surface area contributed by atoms with E-state index < -0.39 is 11.2 Å². The minimum atomic E-state index is -0.766. The molecule has 4 aliphatic rings. The molecule has 1 spiro atoms. The van der Waals surface area contributed by atoms with Crippen molar-refractivity contribution < 1.29 is 19.1 Å². The molecule has 0 unspecified atom stereocenters. The van der Waals surface area contributed by atoms with Gasteiger partial charge in [-0.25, -0.2) is 0 Å². The lowest BCUT2D eigenvalue weighted by Gasteiger charge is -2.40. The van der Waals surface area contributed by atoms with E-state index >= 15 is 0 Å². The van der Waals surface area contributed by atoms with Gasteiger partial charge in [0, 0.05) is 52.1 Å². The number of likely N-dealkylation sites (N-methyl/N-ethyl adjacent to an activating group) is 1. The van der Waals surface area contributed by atoms with Crippen molar-refractivity contribution in [3.05, 3.63) is 0 Å². The van der Waals surface area contributed by atoms with Crippen molar-refractivity contribution in [1.82, 2.24) is 14.7 Å². The predicted molar refractivity (Wildman–Crippen MR) is 86.2 cm³/mol. The van der Waals surface area contributed by atoms with Crippen LogP contribution in [0.25, 0.3) is 0 Å². The average Bonchev–Trinajstić information content (AvgIpc) is 3.30. The number of rotatable bonds is 2. The van der Waals surface area contributed by atoms with Gasteiger partial charge in [0.2, 0.25) is 11.8 Å². The minimum Gasteiger partial charge on any atom is -0.347 e. The Morgan fingerprint density at radius 3 is 1.75 bits per heavy atom. The zero-order chi connectivity index (χ0) is 16.8. The lowest BCUT2D eigenvalue weighted by atomic mass is 9.98. The number of amides is 2. The van der Waals surface area contributed by atoms with Crippen LogP contribution in [0.3, 0.4) is 0 Å². The lowest BCUT2D eigenvalue weighted by molar-refractivity contribution is -0.189. The van der Waals surface area contributed by atoms with E-state index in [9.17, 15) is 9.59 Å². The molecule has 7 heteroatoms. The third kappa shape index (κ3) is 2.72. The highest BCUT2D eigenvalue weighted by Crippen LogP contribution is 2.49. The van der Waals surface area contributed by atoms with Crippen LogP contribution in [0.15, 0.2) is 0 Å². The molecule has 2 amide bonds. The molecule has 1 saturated carbocycles. The Morgan fingerprint density at radius 2 is 1.25 bits per heavy atom. The molecule has 3 aliphatic heterocycles. The van der Waals surface area contributed by atoms with E-state index in [0.717, 1.165) is 26.2 Å². The predicted octanol–water partition coefficient (Wildman–Crippen LogP) is -0.0939. The molecule has 1 aliphatic carbocycles. The first-order valence-corrected chi connectivity index (χ1v) is 9.10. The van der Waals surface area contributed by atoms with Gasteiger partial charge in [-0.15, -0.1) is 0 Å². The molecule has 134 valence electrons. The van der Waals surface area contributed by atoms with Crippen LogP contribution >= 0.6 is 0 Å². The maximum absolute atomic E-state index is 13.0. The second-order valence-corrected chi connectivity index (χ2v) is 7.58. The summed E-state index contributed by atoms with van der Waals surface area (Å²) in [5.74, 6) is -0.400. The average molecular weight is 337 g/mol. The van der Waals surface area contributed by atoms with E-state index in [-0.39, 0.29) is 11.8 Å². The molecule has 24 heavy (non-hydrogen) atoms. The minimum absolute atomic E-state index is 0.0271. The summed E-state index contributed by atoms with van der Waals surface area (Å²) in [6, 6.07) is 0. The number of hydrogen-bond acceptors (Lipinski definition) is 5. The van der Waals surface area contributed by atoms with Crippen molar-refractivity contribution in [3.63, 3.8) is 0 Å². The van der Waals surface area contributed by atoms with Gasteiger partial charge in [-0.3, -0.25) is 9.59 Å². The summed E-state index contributed by atoms with van der Waals surface area (Å²) in [5.41, 5.74) is -0.766. The van der Waals surface area contributed by atoms with Crippen LogP contribution in [-0.4, -0.2) is 91.8 Å². The number of piperazine rings is 1.